The summed E-state index contributed by atoms with van der Waals surface area (Å²) in [5.74, 6) is 0.0531. The van der Waals surface area contributed by atoms with Crippen molar-refractivity contribution >= 4 is 17.3 Å². The predicted octanol–water partition coefficient (Wildman–Crippen LogP) is 3.12. The van der Waals surface area contributed by atoms with E-state index in [0.717, 1.165) is 16.3 Å². The number of methoxy groups -OCH3 is 1. The first-order valence-corrected chi connectivity index (χ1v) is 7.87. The average molecular weight is 298 g/mol. The van der Waals surface area contributed by atoms with Gasteiger partial charge in [-0.25, -0.2) is 4.98 Å². The molecule has 0 aliphatic carbocycles. The van der Waals surface area contributed by atoms with Crippen molar-refractivity contribution in [1.29, 1.82) is 0 Å². The van der Waals surface area contributed by atoms with Gasteiger partial charge in [0.1, 0.15) is 6.04 Å². The molecule has 0 saturated heterocycles. The number of hydrogen-bond acceptors (Lipinski definition) is 5. The third-order valence-electron chi connectivity index (χ3n) is 3.36. The number of nitrogens with one attached hydrogen (secondary N) is 1. The molecule has 0 radical (unpaired) electrons. The van der Waals surface area contributed by atoms with Crippen LogP contribution in [-0.2, 0) is 21.5 Å². The molecule has 4 nitrogen and oxygen atoms in total. The van der Waals surface area contributed by atoms with Crippen molar-refractivity contribution < 1.29 is 9.53 Å². The molecule has 0 aromatic carbocycles. The molecule has 2 unspecified atom stereocenters. The van der Waals surface area contributed by atoms with Crippen LogP contribution >= 0.6 is 11.3 Å². The maximum Gasteiger partial charge on any atom is 0.323 e. The highest BCUT2D eigenvalue weighted by atomic mass is 32.1. The Bertz CT molecular complexity index is 437. The first-order chi connectivity index (χ1) is 9.29. The fourth-order valence-corrected chi connectivity index (χ4v) is 2.75. The molecule has 0 aliphatic rings. The number of nitrogens with zero attached hydrogens (tertiary/aromatic N) is 1. The van der Waals surface area contributed by atoms with Gasteiger partial charge in [0.05, 0.1) is 12.1 Å². The van der Waals surface area contributed by atoms with Gasteiger partial charge in [-0.3, -0.25) is 10.1 Å². The molecular weight excluding hydrogens is 272 g/mol. The minimum atomic E-state index is -0.259. The number of thiazole rings is 1. The Balaban J connectivity index is 2.68. The summed E-state index contributed by atoms with van der Waals surface area (Å²) < 4.78 is 4.87. The van der Waals surface area contributed by atoms with Crippen molar-refractivity contribution in [3.8, 4) is 0 Å². The smallest absolute Gasteiger partial charge is 0.323 e. The minimum absolute atomic E-state index is 0.0708. The first kappa shape index (κ1) is 17.1. The van der Waals surface area contributed by atoms with Gasteiger partial charge in [0.15, 0.2) is 0 Å². The van der Waals surface area contributed by atoms with Crippen molar-refractivity contribution in [2.75, 3.05) is 7.11 Å². The zero-order chi connectivity index (χ0) is 15.3. The van der Waals surface area contributed by atoms with Gasteiger partial charge >= 0.3 is 5.97 Å². The van der Waals surface area contributed by atoms with Crippen molar-refractivity contribution in [3.05, 3.63) is 16.1 Å². The van der Waals surface area contributed by atoms with Crippen molar-refractivity contribution in [2.45, 2.75) is 59.0 Å². The van der Waals surface area contributed by atoms with Crippen LogP contribution < -0.4 is 5.32 Å². The summed E-state index contributed by atoms with van der Waals surface area (Å²) in [5.41, 5.74) is 0.0708. The predicted molar refractivity (Wildman–Crippen MR) is 82.9 cm³/mol. The van der Waals surface area contributed by atoms with Gasteiger partial charge in [0, 0.05) is 23.0 Å². The molecule has 1 heterocycles. The van der Waals surface area contributed by atoms with Gasteiger partial charge in [-0.05, 0) is 5.92 Å². The summed E-state index contributed by atoms with van der Waals surface area (Å²) in [4.78, 5) is 17.4. The van der Waals surface area contributed by atoms with E-state index in [-0.39, 0.29) is 23.3 Å². The number of esters is 1. The van der Waals surface area contributed by atoms with Crippen molar-refractivity contribution in [2.24, 2.45) is 5.92 Å². The Kier molecular flexibility index (Phi) is 6.14. The molecule has 1 aromatic heterocycles. The molecular formula is C15H26N2O2S. The van der Waals surface area contributed by atoms with Crippen LogP contribution in [0.2, 0.25) is 0 Å². The molecule has 0 aliphatic heterocycles. The second-order valence-corrected chi connectivity index (χ2v) is 7.26. The van der Waals surface area contributed by atoms with E-state index in [1.807, 2.05) is 6.20 Å². The third kappa shape index (κ3) is 4.56. The normalized spacial score (nSPS) is 14.9. The summed E-state index contributed by atoms with van der Waals surface area (Å²) in [5, 5.41) is 4.42. The maximum absolute atomic E-state index is 11.8. The van der Waals surface area contributed by atoms with Crippen molar-refractivity contribution in [3.63, 3.8) is 0 Å². The Hall–Kier alpha value is -0.940. The van der Waals surface area contributed by atoms with E-state index in [0.29, 0.717) is 6.54 Å². The summed E-state index contributed by atoms with van der Waals surface area (Å²) >= 11 is 1.69. The topological polar surface area (TPSA) is 51.2 Å². The lowest BCUT2D eigenvalue weighted by Gasteiger charge is -2.21. The van der Waals surface area contributed by atoms with Crippen LogP contribution in [0.25, 0.3) is 0 Å². The van der Waals surface area contributed by atoms with Crippen LogP contribution in [0.5, 0.6) is 0 Å². The number of rotatable bonds is 6. The highest BCUT2D eigenvalue weighted by Crippen LogP contribution is 2.26. The number of aromatic nitrogens is 1. The zero-order valence-corrected chi connectivity index (χ0v) is 14.1. The lowest BCUT2D eigenvalue weighted by atomic mass is 9.98. The molecule has 0 saturated carbocycles. The molecule has 20 heavy (non-hydrogen) atoms. The Morgan fingerprint density at radius 3 is 2.60 bits per heavy atom. The molecule has 5 heteroatoms. The van der Waals surface area contributed by atoms with Gasteiger partial charge in [0.25, 0.3) is 0 Å². The summed E-state index contributed by atoms with van der Waals surface area (Å²) in [6.07, 6.45) is 2.83. The molecule has 1 aromatic rings. The second-order valence-electron chi connectivity index (χ2n) is 6.15. The third-order valence-corrected chi connectivity index (χ3v) is 4.78. The largest absolute Gasteiger partial charge is 0.468 e. The van der Waals surface area contributed by atoms with Crippen LogP contribution in [0.3, 0.4) is 0 Å². The molecule has 114 valence electrons. The van der Waals surface area contributed by atoms with Crippen LogP contribution in [-0.4, -0.2) is 24.1 Å². The Labute approximate surface area is 125 Å². The molecule has 0 amide bonds. The minimum Gasteiger partial charge on any atom is -0.468 e. The first-order valence-electron chi connectivity index (χ1n) is 7.06. The lowest BCUT2D eigenvalue weighted by molar-refractivity contribution is -0.144. The summed E-state index contributed by atoms with van der Waals surface area (Å²) in [6.45, 7) is 11.2. The van der Waals surface area contributed by atoms with Gasteiger partial charge in [0.2, 0.25) is 0 Å². The van der Waals surface area contributed by atoms with E-state index < -0.39 is 0 Å². The van der Waals surface area contributed by atoms with Gasteiger partial charge in [-0.2, -0.15) is 0 Å². The van der Waals surface area contributed by atoms with E-state index in [9.17, 15) is 4.79 Å². The van der Waals surface area contributed by atoms with Crippen LogP contribution in [0, 0.1) is 5.92 Å². The van der Waals surface area contributed by atoms with E-state index in [1.165, 1.54) is 7.11 Å². The number of carbonyl (C=O) groups is 1. The van der Waals surface area contributed by atoms with Gasteiger partial charge in [-0.15, -0.1) is 11.3 Å². The fourth-order valence-electron chi connectivity index (χ4n) is 1.83. The van der Waals surface area contributed by atoms with Crippen LogP contribution in [0.1, 0.15) is 50.9 Å². The van der Waals surface area contributed by atoms with Gasteiger partial charge in [-0.1, -0.05) is 41.0 Å². The van der Waals surface area contributed by atoms with Crippen molar-refractivity contribution in [1.82, 2.24) is 10.3 Å². The Morgan fingerprint density at radius 2 is 2.15 bits per heavy atom. The highest BCUT2D eigenvalue weighted by Gasteiger charge is 2.25. The number of ether oxygens (including phenoxy) is 1. The van der Waals surface area contributed by atoms with E-state index >= 15 is 0 Å². The van der Waals surface area contributed by atoms with E-state index in [1.54, 1.807) is 11.3 Å². The Morgan fingerprint density at radius 1 is 1.50 bits per heavy atom. The maximum atomic E-state index is 11.8. The fraction of sp³-hybridized carbons (Fsp3) is 0.733. The van der Waals surface area contributed by atoms with Gasteiger partial charge < -0.3 is 4.74 Å². The lowest BCUT2D eigenvalue weighted by Crippen LogP contribution is -2.42. The monoisotopic (exact) mass is 298 g/mol. The quantitative estimate of drug-likeness (QED) is 0.820. The highest BCUT2D eigenvalue weighted by molar-refractivity contribution is 7.11. The standard InChI is InChI=1S/C15H26N2O2S/c1-7-10(2)12(13(18)19-6)16-8-11-9-17-14(20-11)15(3,4)5/h9-10,12,16H,7-8H2,1-6H3. The summed E-state index contributed by atoms with van der Waals surface area (Å²) in [6, 6.07) is -0.259. The van der Waals surface area contributed by atoms with E-state index in [2.05, 4.69) is 44.9 Å². The zero-order valence-electron chi connectivity index (χ0n) is 13.3. The summed E-state index contributed by atoms with van der Waals surface area (Å²) in [7, 11) is 1.43. The second kappa shape index (κ2) is 7.18. The molecule has 2 atom stereocenters. The SMILES string of the molecule is CCC(C)C(NCc1cnc(C(C)(C)C)s1)C(=O)OC. The molecule has 1 N–H and O–H groups in total. The average Bonchev–Trinajstić information content (AvgIpc) is 2.86. The number of carbonyl (C=O) groups excluding carboxylic acids is 1. The molecule has 0 bridgehead atoms. The number of hydrogen-bond donors (Lipinski definition) is 1. The van der Waals surface area contributed by atoms with E-state index in [4.69, 9.17) is 4.74 Å². The van der Waals surface area contributed by atoms with Crippen LogP contribution in [0.15, 0.2) is 6.20 Å². The van der Waals surface area contributed by atoms with Crippen LogP contribution in [0.4, 0.5) is 0 Å². The molecule has 0 spiro atoms. The molecule has 1 rings (SSSR count). The molecule has 0 fully saturated rings.